The summed E-state index contributed by atoms with van der Waals surface area (Å²) in [5.41, 5.74) is 38.2. The van der Waals surface area contributed by atoms with Crippen LogP contribution in [0.2, 0.25) is 0 Å². The Bertz CT molecular complexity index is 4420. The molecule has 15 rings (SSSR count). The summed E-state index contributed by atoms with van der Waals surface area (Å²) in [5.74, 6) is -0.00308. The van der Waals surface area contributed by atoms with Crippen molar-refractivity contribution in [2.24, 2.45) is 10.8 Å². The van der Waals surface area contributed by atoms with Crippen LogP contribution < -0.4 is 14.7 Å². The van der Waals surface area contributed by atoms with Gasteiger partial charge in [-0.2, -0.15) is 0 Å². The van der Waals surface area contributed by atoms with Gasteiger partial charge in [-0.25, -0.2) is 0 Å². The first kappa shape index (κ1) is 59.2. The minimum Gasteiger partial charge on any atom is -0.370 e. The van der Waals surface area contributed by atoms with Crippen LogP contribution in [0.5, 0.6) is 0 Å². The third-order valence-electron chi connectivity index (χ3n) is 23.3. The van der Waals surface area contributed by atoms with Crippen molar-refractivity contribution in [3.8, 4) is 11.1 Å². The summed E-state index contributed by atoms with van der Waals surface area (Å²) >= 11 is 0. The number of hydrogen-bond acceptors (Lipinski definition) is 3. The number of hydrogen-bond donors (Lipinski definition) is 0. The molecule has 0 bridgehead atoms. The molecule has 3 heteroatoms. The monoisotopic (exact) mass is 1190 g/mol. The molecule has 1 atom stereocenters. The van der Waals surface area contributed by atoms with E-state index >= 15 is 0 Å². The Labute approximate surface area is 541 Å². The topological polar surface area (TPSA) is 9.72 Å². The largest absolute Gasteiger partial charge is 0.370 e. The highest BCUT2D eigenvalue weighted by Gasteiger charge is 2.52. The van der Waals surface area contributed by atoms with Crippen molar-refractivity contribution < 1.29 is 0 Å². The van der Waals surface area contributed by atoms with Gasteiger partial charge in [-0.05, 0) is 202 Å². The first-order chi connectivity index (χ1) is 41.9. The van der Waals surface area contributed by atoms with Gasteiger partial charge < -0.3 is 14.7 Å². The van der Waals surface area contributed by atoms with Crippen LogP contribution in [0.1, 0.15) is 251 Å². The summed E-state index contributed by atoms with van der Waals surface area (Å²) in [6, 6.07) is 55.2. The zero-order valence-corrected chi connectivity index (χ0v) is 58.7. The number of rotatable bonds is 3. The van der Waals surface area contributed by atoms with Crippen LogP contribution in [0, 0.1) is 17.8 Å². The molecule has 8 aromatic rings. The van der Waals surface area contributed by atoms with E-state index in [1.54, 1.807) is 0 Å². The quantitative estimate of drug-likeness (QED) is 0.175. The van der Waals surface area contributed by atoms with E-state index in [9.17, 15) is 0 Å². The Hall–Kier alpha value is -7.10. The predicted octanol–water partition coefficient (Wildman–Crippen LogP) is 22.5. The van der Waals surface area contributed by atoms with Crippen molar-refractivity contribution in [3.63, 3.8) is 0 Å². The van der Waals surface area contributed by atoms with Crippen LogP contribution in [0.3, 0.4) is 0 Å². The van der Waals surface area contributed by atoms with Crippen LogP contribution in [0.25, 0.3) is 16.8 Å². The summed E-state index contributed by atoms with van der Waals surface area (Å²) in [4.78, 5) is 8.34. The molecule has 4 heterocycles. The van der Waals surface area contributed by atoms with E-state index in [1.807, 2.05) is 0 Å². The van der Waals surface area contributed by atoms with Gasteiger partial charge in [0.15, 0.2) is 0 Å². The molecule has 1 unspecified atom stereocenters. The lowest BCUT2D eigenvalue weighted by atomic mass is 9.54. The van der Waals surface area contributed by atoms with E-state index in [0.29, 0.717) is 0 Å². The lowest BCUT2D eigenvalue weighted by Crippen LogP contribution is -2.48. The minimum absolute atomic E-state index is 0.00308. The normalized spacial score (nSPS) is 20.4. The molecule has 4 aliphatic heterocycles. The number of nitrogens with zero attached hydrogens (tertiary/aromatic N) is 3. The van der Waals surface area contributed by atoms with Crippen molar-refractivity contribution >= 4 is 39.8 Å². The molecule has 0 saturated heterocycles. The Morgan fingerprint density at radius 1 is 0.400 bits per heavy atom. The molecule has 0 aromatic heterocycles. The molecular formula is C87H99N3. The Balaban J connectivity index is 1.05. The van der Waals surface area contributed by atoms with Crippen molar-refractivity contribution in [1.29, 1.82) is 0 Å². The van der Waals surface area contributed by atoms with Crippen molar-refractivity contribution in [2.45, 2.75) is 215 Å². The second-order valence-corrected chi connectivity index (χ2v) is 35.9. The lowest BCUT2D eigenvalue weighted by molar-refractivity contribution is 0.289. The molecule has 3 aliphatic carbocycles. The molecule has 8 aromatic carbocycles. The maximum atomic E-state index is 2.81. The zero-order chi connectivity index (χ0) is 64.1. The summed E-state index contributed by atoms with van der Waals surface area (Å²) in [5, 5.41) is 0. The molecule has 0 fully saturated rings. The second-order valence-electron chi connectivity index (χ2n) is 35.9. The van der Waals surface area contributed by atoms with Gasteiger partial charge in [0.05, 0.1) is 28.4 Å². The van der Waals surface area contributed by atoms with Gasteiger partial charge in [0, 0.05) is 68.7 Å². The Morgan fingerprint density at radius 2 is 0.856 bits per heavy atom. The molecule has 0 radical (unpaired) electrons. The molecule has 0 saturated carbocycles. The van der Waals surface area contributed by atoms with Gasteiger partial charge in [0.1, 0.15) is 0 Å². The van der Waals surface area contributed by atoms with E-state index in [2.05, 4.69) is 300 Å². The first-order valence-corrected chi connectivity index (χ1v) is 34.1. The number of allylic oxidation sites excluding steroid dienone is 1. The highest BCUT2D eigenvalue weighted by molar-refractivity contribution is 6.04. The van der Waals surface area contributed by atoms with Gasteiger partial charge in [-0.15, -0.1) is 0 Å². The summed E-state index contributed by atoms with van der Waals surface area (Å²) < 4.78 is 0. The number of fused-ring (bicyclic) bond motifs is 9. The molecule has 7 aliphatic rings. The van der Waals surface area contributed by atoms with Gasteiger partial charge in [0.25, 0.3) is 0 Å². The van der Waals surface area contributed by atoms with Gasteiger partial charge in [-0.1, -0.05) is 230 Å². The molecule has 90 heavy (non-hydrogen) atoms. The lowest BCUT2D eigenvalue weighted by Gasteiger charge is -2.51. The van der Waals surface area contributed by atoms with Crippen molar-refractivity contribution in [3.05, 3.63) is 239 Å². The third-order valence-corrected chi connectivity index (χ3v) is 23.3. The summed E-state index contributed by atoms with van der Waals surface area (Å²) in [6.45, 7) is 55.9. The second kappa shape index (κ2) is 18.6. The van der Waals surface area contributed by atoms with Crippen LogP contribution in [-0.4, -0.2) is 13.1 Å². The standard InChI is InChI=1S/C87H99N3/c1-50-35-73-76-74(36-50)90(71-34-33-57(81(8,9)10)40-59(71)51-27-30-55(31-28-51)79(2,3)4)72-45-70-65(86(19,20)68-43-66-67(44-69(68)87(70,21)22)85(17,18)64-26-24-23-25-63(64)84(66,15)16)42-61(72)75(76)62-39-52-29-32-56(80(5,6)7)41-60(52)78(62)89(73)58-37-53-46-82(11,12)48-88-49-83(13,14)47-54(38-58)77(53)88/h23-38,40-45,75H,39,46-49H2,1-22H3. The fourth-order valence-electron chi connectivity index (χ4n) is 18.5. The maximum Gasteiger partial charge on any atom is 0.0542 e. The molecule has 0 N–H and O–H groups in total. The summed E-state index contributed by atoms with van der Waals surface area (Å²) in [7, 11) is 0. The fourth-order valence-corrected chi connectivity index (χ4v) is 18.5. The van der Waals surface area contributed by atoms with E-state index in [1.165, 1.54) is 157 Å². The zero-order valence-electron chi connectivity index (χ0n) is 58.7. The average Bonchev–Trinajstić information content (AvgIpc) is 0.978. The van der Waals surface area contributed by atoms with Crippen LogP contribution in [0.4, 0.5) is 34.1 Å². The van der Waals surface area contributed by atoms with Gasteiger partial charge in [-0.3, -0.25) is 0 Å². The highest BCUT2D eigenvalue weighted by atomic mass is 15.2. The van der Waals surface area contributed by atoms with E-state index in [-0.39, 0.29) is 54.7 Å². The highest BCUT2D eigenvalue weighted by Crippen LogP contribution is 2.66. The number of aryl methyl sites for hydroxylation is 1. The molecule has 0 amide bonds. The van der Waals surface area contributed by atoms with Gasteiger partial charge in [0.2, 0.25) is 0 Å². The fraction of sp³-hybridized carbons (Fsp3) is 0.425. The third kappa shape index (κ3) is 8.54. The number of anilines is 6. The van der Waals surface area contributed by atoms with E-state index in [4.69, 9.17) is 0 Å². The first-order valence-electron chi connectivity index (χ1n) is 34.1. The van der Waals surface area contributed by atoms with Crippen LogP contribution in [-0.2, 0) is 57.2 Å². The van der Waals surface area contributed by atoms with Gasteiger partial charge >= 0.3 is 0 Å². The molecule has 0 spiro atoms. The van der Waals surface area contributed by atoms with E-state index in [0.717, 1.165) is 32.4 Å². The van der Waals surface area contributed by atoms with Crippen molar-refractivity contribution in [2.75, 3.05) is 27.8 Å². The molecular weight excluding hydrogens is 1090 g/mol. The average molecular weight is 1190 g/mol. The minimum atomic E-state index is -0.334. The van der Waals surface area contributed by atoms with Crippen LogP contribution in [0.15, 0.2) is 139 Å². The molecule has 462 valence electrons. The van der Waals surface area contributed by atoms with E-state index < -0.39 is 0 Å². The SMILES string of the molecule is Cc1cc2c3c(c1)N(c1ccc(C(C)(C)C)cc1-c1ccc(C(C)(C)C)cc1)c1cc4c(cc1C3C1=C(c3cc(C(C)(C)C)ccc3C1)N2c1cc2c3c(c1)CC(C)(C)CN3CC(C)(C)C2)C(C)(C)c1cc2c(cc1C4(C)C)C(C)(C)c1ccccc1C2(C)C. The molecule has 3 nitrogen and oxygen atoms in total. The predicted molar refractivity (Wildman–Crippen MR) is 383 cm³/mol. The van der Waals surface area contributed by atoms with Crippen molar-refractivity contribution in [1.82, 2.24) is 0 Å². The maximum absolute atomic E-state index is 2.81. The number of benzene rings is 8. The smallest absolute Gasteiger partial charge is 0.0542 e. The van der Waals surface area contributed by atoms with Crippen LogP contribution >= 0.6 is 0 Å². The summed E-state index contributed by atoms with van der Waals surface area (Å²) in [6.07, 6.45) is 3.03. The Kier molecular flexibility index (Phi) is 12.2. The Morgan fingerprint density at radius 3 is 1.38 bits per heavy atom.